The lowest BCUT2D eigenvalue weighted by atomic mass is 10.1. The minimum absolute atomic E-state index is 0.343. The van der Waals surface area contributed by atoms with Crippen molar-refractivity contribution in [1.82, 2.24) is 4.57 Å². The van der Waals surface area contributed by atoms with Crippen molar-refractivity contribution in [3.63, 3.8) is 0 Å². The Morgan fingerprint density at radius 2 is 1.91 bits per heavy atom. The number of carboxylic acids is 1. The molecule has 1 aromatic heterocycles. The molecule has 0 atom stereocenters. The van der Waals surface area contributed by atoms with E-state index in [2.05, 4.69) is 42.0 Å². The number of aromatic nitrogens is 1. The molecule has 3 aromatic rings. The predicted octanol–water partition coefficient (Wildman–Crippen LogP) is 4.28. The van der Waals surface area contributed by atoms with Crippen molar-refractivity contribution in [2.75, 3.05) is 0 Å². The van der Waals surface area contributed by atoms with Crippen LogP contribution in [-0.4, -0.2) is 15.6 Å². The topological polar surface area (TPSA) is 42.2 Å². The van der Waals surface area contributed by atoms with Gasteiger partial charge in [-0.05, 0) is 43.0 Å². The zero-order valence-corrected chi connectivity index (χ0v) is 12.6. The summed E-state index contributed by atoms with van der Waals surface area (Å²) in [6.07, 6.45) is 4.17. The third kappa shape index (κ3) is 2.89. The normalized spacial score (nSPS) is 11.0. The third-order valence-electron chi connectivity index (χ3n) is 4.04. The SMILES string of the molecule is Cc1cn(CCCc2ccccc2)c2cc(C(=O)O)ccc12. The highest BCUT2D eigenvalue weighted by atomic mass is 16.4. The van der Waals surface area contributed by atoms with Crippen LogP contribution in [0.5, 0.6) is 0 Å². The van der Waals surface area contributed by atoms with Crippen LogP contribution >= 0.6 is 0 Å². The molecule has 0 spiro atoms. The fourth-order valence-electron chi connectivity index (χ4n) is 2.89. The van der Waals surface area contributed by atoms with Crippen LogP contribution in [0.15, 0.2) is 54.7 Å². The fraction of sp³-hybridized carbons (Fsp3) is 0.211. The largest absolute Gasteiger partial charge is 0.478 e. The second-order valence-electron chi connectivity index (χ2n) is 5.63. The van der Waals surface area contributed by atoms with Gasteiger partial charge in [-0.15, -0.1) is 0 Å². The first-order valence-electron chi connectivity index (χ1n) is 7.52. The lowest BCUT2D eigenvalue weighted by Crippen LogP contribution is -2.00. The number of carboxylic acid groups (broad SMARTS) is 1. The average Bonchev–Trinajstić information content (AvgIpc) is 2.84. The summed E-state index contributed by atoms with van der Waals surface area (Å²) in [7, 11) is 0. The summed E-state index contributed by atoms with van der Waals surface area (Å²) in [6, 6.07) is 15.8. The van der Waals surface area contributed by atoms with E-state index in [1.54, 1.807) is 12.1 Å². The first kappa shape index (κ1) is 14.4. The average molecular weight is 293 g/mol. The van der Waals surface area contributed by atoms with Crippen molar-refractivity contribution in [3.8, 4) is 0 Å². The van der Waals surface area contributed by atoms with Crippen molar-refractivity contribution in [3.05, 3.63) is 71.4 Å². The Bertz CT molecular complexity index is 803. The lowest BCUT2D eigenvalue weighted by molar-refractivity contribution is 0.0697. The molecule has 2 aromatic carbocycles. The third-order valence-corrected chi connectivity index (χ3v) is 4.04. The molecule has 3 nitrogen and oxygen atoms in total. The van der Waals surface area contributed by atoms with Gasteiger partial charge in [0.1, 0.15) is 0 Å². The van der Waals surface area contributed by atoms with Gasteiger partial charge in [0.05, 0.1) is 5.56 Å². The molecule has 1 N–H and O–H groups in total. The molecule has 3 heteroatoms. The van der Waals surface area contributed by atoms with E-state index in [0.29, 0.717) is 5.56 Å². The van der Waals surface area contributed by atoms with Crippen LogP contribution in [0.1, 0.15) is 27.9 Å². The Balaban J connectivity index is 1.81. The number of fused-ring (bicyclic) bond motifs is 1. The quantitative estimate of drug-likeness (QED) is 0.763. The monoisotopic (exact) mass is 293 g/mol. The van der Waals surface area contributed by atoms with E-state index in [4.69, 9.17) is 5.11 Å². The molecular weight excluding hydrogens is 274 g/mol. The first-order chi connectivity index (χ1) is 10.6. The molecule has 0 radical (unpaired) electrons. The van der Waals surface area contributed by atoms with Crippen LogP contribution in [0, 0.1) is 6.92 Å². The van der Waals surface area contributed by atoms with Gasteiger partial charge in [0.2, 0.25) is 0 Å². The molecule has 0 aliphatic carbocycles. The molecule has 1 heterocycles. The number of hydrogen-bond donors (Lipinski definition) is 1. The summed E-state index contributed by atoms with van der Waals surface area (Å²) < 4.78 is 2.17. The standard InChI is InChI=1S/C19H19NO2/c1-14-13-20(11-5-8-15-6-3-2-4-7-15)18-12-16(19(21)22)9-10-17(14)18/h2-4,6-7,9-10,12-13H,5,8,11H2,1H3,(H,21,22). The summed E-state index contributed by atoms with van der Waals surface area (Å²) in [5, 5.41) is 10.3. The van der Waals surface area contributed by atoms with Crippen molar-refractivity contribution in [2.24, 2.45) is 0 Å². The summed E-state index contributed by atoms with van der Waals surface area (Å²) in [6.45, 7) is 2.96. The maximum absolute atomic E-state index is 11.2. The zero-order chi connectivity index (χ0) is 15.5. The Labute approximate surface area is 129 Å². The predicted molar refractivity (Wildman–Crippen MR) is 88.4 cm³/mol. The highest BCUT2D eigenvalue weighted by molar-refractivity contribution is 5.94. The molecule has 0 aliphatic heterocycles. The van der Waals surface area contributed by atoms with Crippen molar-refractivity contribution >= 4 is 16.9 Å². The molecular formula is C19H19NO2. The van der Waals surface area contributed by atoms with Gasteiger partial charge < -0.3 is 9.67 Å². The lowest BCUT2D eigenvalue weighted by Gasteiger charge is -2.06. The van der Waals surface area contributed by atoms with E-state index >= 15 is 0 Å². The first-order valence-corrected chi connectivity index (χ1v) is 7.52. The molecule has 0 saturated heterocycles. The van der Waals surface area contributed by atoms with E-state index in [1.807, 2.05) is 12.1 Å². The van der Waals surface area contributed by atoms with Gasteiger partial charge in [-0.1, -0.05) is 36.4 Å². The van der Waals surface area contributed by atoms with Gasteiger partial charge in [-0.3, -0.25) is 0 Å². The number of hydrogen-bond acceptors (Lipinski definition) is 1. The van der Waals surface area contributed by atoms with Crippen molar-refractivity contribution in [1.29, 1.82) is 0 Å². The zero-order valence-electron chi connectivity index (χ0n) is 12.6. The molecule has 3 rings (SSSR count). The number of rotatable bonds is 5. The molecule has 22 heavy (non-hydrogen) atoms. The number of carbonyl (C=O) groups is 1. The summed E-state index contributed by atoms with van der Waals surface area (Å²) >= 11 is 0. The second-order valence-corrected chi connectivity index (χ2v) is 5.63. The smallest absolute Gasteiger partial charge is 0.335 e. The molecule has 0 saturated carbocycles. The Hall–Kier alpha value is -2.55. The maximum Gasteiger partial charge on any atom is 0.335 e. The van der Waals surface area contributed by atoms with Gasteiger partial charge in [-0.25, -0.2) is 4.79 Å². The van der Waals surface area contributed by atoms with E-state index in [9.17, 15) is 4.79 Å². The minimum Gasteiger partial charge on any atom is -0.478 e. The number of nitrogens with zero attached hydrogens (tertiary/aromatic N) is 1. The Morgan fingerprint density at radius 1 is 1.14 bits per heavy atom. The number of aromatic carboxylic acids is 1. The summed E-state index contributed by atoms with van der Waals surface area (Å²) in [4.78, 5) is 11.2. The summed E-state index contributed by atoms with van der Waals surface area (Å²) in [5.74, 6) is -0.878. The minimum atomic E-state index is -0.878. The van der Waals surface area contributed by atoms with Crippen molar-refractivity contribution in [2.45, 2.75) is 26.3 Å². The molecule has 0 bridgehead atoms. The van der Waals surface area contributed by atoms with Crippen LogP contribution in [0.3, 0.4) is 0 Å². The van der Waals surface area contributed by atoms with Gasteiger partial charge in [0.25, 0.3) is 0 Å². The van der Waals surface area contributed by atoms with Gasteiger partial charge in [0.15, 0.2) is 0 Å². The van der Waals surface area contributed by atoms with Crippen LogP contribution in [0.25, 0.3) is 10.9 Å². The van der Waals surface area contributed by atoms with Crippen LogP contribution in [0.2, 0.25) is 0 Å². The summed E-state index contributed by atoms with van der Waals surface area (Å²) in [5.41, 5.74) is 3.87. The maximum atomic E-state index is 11.2. The van der Waals surface area contributed by atoms with Gasteiger partial charge >= 0.3 is 5.97 Å². The van der Waals surface area contributed by atoms with Crippen molar-refractivity contribution < 1.29 is 9.90 Å². The highest BCUT2D eigenvalue weighted by Gasteiger charge is 2.09. The fourth-order valence-corrected chi connectivity index (χ4v) is 2.89. The molecule has 112 valence electrons. The molecule has 0 amide bonds. The molecule has 0 fully saturated rings. The van der Waals surface area contributed by atoms with E-state index in [0.717, 1.165) is 30.3 Å². The number of aryl methyl sites for hydroxylation is 3. The van der Waals surface area contributed by atoms with E-state index in [1.165, 1.54) is 11.1 Å². The van der Waals surface area contributed by atoms with E-state index < -0.39 is 5.97 Å². The molecule has 0 unspecified atom stereocenters. The van der Waals surface area contributed by atoms with Gasteiger partial charge in [-0.2, -0.15) is 0 Å². The van der Waals surface area contributed by atoms with Gasteiger partial charge in [0, 0.05) is 23.6 Å². The Kier molecular flexibility index (Phi) is 3.96. The van der Waals surface area contributed by atoms with E-state index in [-0.39, 0.29) is 0 Å². The van der Waals surface area contributed by atoms with Crippen LogP contribution in [-0.2, 0) is 13.0 Å². The molecule has 0 aliphatic rings. The highest BCUT2D eigenvalue weighted by Crippen LogP contribution is 2.23. The second kappa shape index (κ2) is 6.06. The Morgan fingerprint density at radius 3 is 2.64 bits per heavy atom. The van der Waals surface area contributed by atoms with Crippen LogP contribution in [0.4, 0.5) is 0 Å². The van der Waals surface area contributed by atoms with Crippen LogP contribution < -0.4 is 0 Å². The number of benzene rings is 2.